The Balaban J connectivity index is 2.06. The van der Waals surface area contributed by atoms with Gasteiger partial charge in [0.25, 0.3) is 0 Å². The van der Waals surface area contributed by atoms with Gasteiger partial charge in [0.15, 0.2) is 0 Å². The predicted octanol–water partition coefficient (Wildman–Crippen LogP) is 5.76. The van der Waals surface area contributed by atoms with E-state index in [0.717, 1.165) is 28.3 Å². The summed E-state index contributed by atoms with van der Waals surface area (Å²) < 4.78 is 5.35. The fraction of sp³-hybridized carbons (Fsp3) is 0.0526. The first-order valence-corrected chi connectivity index (χ1v) is 7.41. The average Bonchev–Trinajstić information content (AvgIpc) is 2.58. The van der Waals surface area contributed by atoms with Crippen molar-refractivity contribution in [2.24, 2.45) is 0 Å². The zero-order valence-electron chi connectivity index (χ0n) is 12.2. The molecule has 22 heavy (non-hydrogen) atoms. The second kappa shape index (κ2) is 6.54. The molecule has 0 saturated carbocycles. The molecule has 110 valence electrons. The second-order valence-corrected chi connectivity index (χ2v) is 5.29. The summed E-state index contributed by atoms with van der Waals surface area (Å²) in [5, 5.41) is 4.10. The number of ether oxygens (including phenoxy) is 1. The molecule has 0 aliphatic heterocycles. The van der Waals surface area contributed by atoms with Crippen LogP contribution in [0.15, 0.2) is 72.8 Å². The third-order valence-electron chi connectivity index (χ3n) is 3.45. The zero-order valence-corrected chi connectivity index (χ0v) is 13.0. The Labute approximate surface area is 135 Å². The monoisotopic (exact) mass is 309 g/mol. The molecule has 0 aromatic heterocycles. The first-order valence-electron chi connectivity index (χ1n) is 7.03. The molecule has 3 heteroatoms. The Hall–Kier alpha value is -2.45. The molecule has 1 N–H and O–H groups in total. The first kappa shape index (κ1) is 14.5. The van der Waals surface area contributed by atoms with Gasteiger partial charge < -0.3 is 10.1 Å². The van der Waals surface area contributed by atoms with Crippen molar-refractivity contribution in [3.63, 3.8) is 0 Å². The maximum Gasteiger partial charge on any atom is 0.119 e. The molecule has 0 unspecified atom stereocenters. The highest BCUT2D eigenvalue weighted by atomic mass is 35.5. The third kappa shape index (κ3) is 3.07. The normalized spacial score (nSPS) is 10.3. The van der Waals surface area contributed by atoms with Crippen LogP contribution in [-0.4, -0.2) is 7.11 Å². The summed E-state index contributed by atoms with van der Waals surface area (Å²) in [7, 11) is 1.67. The number of methoxy groups -OCH3 is 1. The van der Waals surface area contributed by atoms with Crippen molar-refractivity contribution < 1.29 is 4.74 Å². The summed E-state index contributed by atoms with van der Waals surface area (Å²) in [5.41, 5.74) is 4.06. The number of halogens is 1. The maximum atomic E-state index is 6.24. The molecule has 0 saturated heterocycles. The molecule has 3 rings (SSSR count). The minimum atomic E-state index is 0.692. The summed E-state index contributed by atoms with van der Waals surface area (Å²) in [4.78, 5) is 0. The molecule has 0 spiro atoms. The Morgan fingerprint density at radius 2 is 1.55 bits per heavy atom. The van der Waals surface area contributed by atoms with Crippen molar-refractivity contribution in [2.75, 3.05) is 12.4 Å². The van der Waals surface area contributed by atoms with Gasteiger partial charge in [0.05, 0.1) is 17.8 Å². The topological polar surface area (TPSA) is 21.3 Å². The molecule has 0 amide bonds. The van der Waals surface area contributed by atoms with E-state index in [0.29, 0.717) is 5.02 Å². The van der Waals surface area contributed by atoms with Gasteiger partial charge in [0.1, 0.15) is 5.75 Å². The minimum absolute atomic E-state index is 0.692. The van der Waals surface area contributed by atoms with Gasteiger partial charge in [-0.2, -0.15) is 0 Å². The fourth-order valence-corrected chi connectivity index (χ4v) is 2.51. The van der Waals surface area contributed by atoms with Crippen LogP contribution < -0.4 is 10.1 Å². The van der Waals surface area contributed by atoms with E-state index in [-0.39, 0.29) is 0 Å². The molecule has 0 bridgehead atoms. The van der Waals surface area contributed by atoms with Crippen LogP contribution in [-0.2, 0) is 0 Å². The van der Waals surface area contributed by atoms with E-state index in [1.54, 1.807) is 7.11 Å². The van der Waals surface area contributed by atoms with Crippen LogP contribution in [0.2, 0.25) is 5.02 Å². The Kier molecular flexibility index (Phi) is 4.31. The molecule has 2 nitrogen and oxygen atoms in total. The van der Waals surface area contributed by atoms with Crippen LogP contribution in [0.3, 0.4) is 0 Å². The lowest BCUT2D eigenvalue weighted by atomic mass is 10.0. The molecule has 0 aliphatic carbocycles. The van der Waals surface area contributed by atoms with Crippen molar-refractivity contribution >= 4 is 23.0 Å². The van der Waals surface area contributed by atoms with Gasteiger partial charge in [-0.25, -0.2) is 0 Å². The van der Waals surface area contributed by atoms with Crippen LogP contribution in [0.1, 0.15) is 0 Å². The summed E-state index contributed by atoms with van der Waals surface area (Å²) in [5.74, 6) is 0.823. The molecule has 3 aromatic carbocycles. The predicted molar refractivity (Wildman–Crippen MR) is 93.2 cm³/mol. The summed E-state index contributed by atoms with van der Waals surface area (Å²) >= 11 is 6.24. The van der Waals surface area contributed by atoms with Crippen LogP contribution in [0.5, 0.6) is 5.75 Å². The highest BCUT2D eigenvalue weighted by molar-refractivity contribution is 6.33. The van der Waals surface area contributed by atoms with Crippen LogP contribution >= 0.6 is 11.6 Å². The highest BCUT2D eigenvalue weighted by Crippen LogP contribution is 2.35. The van der Waals surface area contributed by atoms with Crippen LogP contribution in [0, 0.1) is 0 Å². The molecular weight excluding hydrogens is 294 g/mol. The Morgan fingerprint density at radius 3 is 2.27 bits per heavy atom. The van der Waals surface area contributed by atoms with E-state index in [1.165, 1.54) is 0 Å². The average molecular weight is 310 g/mol. The summed E-state index contributed by atoms with van der Waals surface area (Å²) in [6.07, 6.45) is 0. The number of para-hydroxylation sites is 1. The number of anilines is 2. The third-order valence-corrected chi connectivity index (χ3v) is 3.78. The lowest BCUT2D eigenvalue weighted by Crippen LogP contribution is -1.95. The van der Waals surface area contributed by atoms with E-state index in [4.69, 9.17) is 16.3 Å². The van der Waals surface area contributed by atoms with Gasteiger partial charge in [-0.1, -0.05) is 54.1 Å². The van der Waals surface area contributed by atoms with Gasteiger partial charge in [-0.3, -0.25) is 0 Å². The molecule has 0 heterocycles. The molecule has 0 fully saturated rings. The first-order chi connectivity index (χ1) is 10.8. The molecule has 3 aromatic rings. The molecule has 0 radical (unpaired) electrons. The molecule has 0 aliphatic rings. The quantitative estimate of drug-likeness (QED) is 0.661. The maximum absolute atomic E-state index is 6.24. The van der Waals surface area contributed by atoms with E-state index >= 15 is 0 Å². The van der Waals surface area contributed by atoms with Gasteiger partial charge in [-0.05, 0) is 35.9 Å². The number of rotatable bonds is 4. The van der Waals surface area contributed by atoms with Crippen LogP contribution in [0.4, 0.5) is 11.4 Å². The van der Waals surface area contributed by atoms with Crippen molar-refractivity contribution in [3.8, 4) is 16.9 Å². The Morgan fingerprint density at radius 1 is 0.818 bits per heavy atom. The van der Waals surface area contributed by atoms with E-state index in [9.17, 15) is 0 Å². The Bertz CT molecular complexity index is 771. The smallest absolute Gasteiger partial charge is 0.119 e. The van der Waals surface area contributed by atoms with E-state index in [2.05, 4.69) is 17.4 Å². The van der Waals surface area contributed by atoms with Gasteiger partial charge in [0.2, 0.25) is 0 Å². The number of benzene rings is 3. The number of hydrogen-bond donors (Lipinski definition) is 1. The van der Waals surface area contributed by atoms with Gasteiger partial charge in [0, 0.05) is 11.3 Å². The summed E-state index contributed by atoms with van der Waals surface area (Å²) in [6.45, 7) is 0. The SMILES string of the molecule is COc1ccc(Nc2ccccc2Cl)c(-c2ccccc2)c1. The second-order valence-electron chi connectivity index (χ2n) is 4.88. The van der Waals surface area contributed by atoms with Crippen LogP contribution in [0.25, 0.3) is 11.1 Å². The molecule has 0 atom stereocenters. The van der Waals surface area contributed by atoms with Crippen molar-refractivity contribution in [1.82, 2.24) is 0 Å². The standard InChI is InChI=1S/C19H16ClNO/c1-22-15-11-12-18(21-19-10-6-5-9-17(19)20)16(13-15)14-7-3-2-4-8-14/h2-13,21H,1H3. The van der Waals surface area contributed by atoms with Crippen molar-refractivity contribution in [2.45, 2.75) is 0 Å². The number of hydrogen-bond acceptors (Lipinski definition) is 2. The number of nitrogens with one attached hydrogen (secondary N) is 1. The minimum Gasteiger partial charge on any atom is -0.497 e. The highest BCUT2D eigenvalue weighted by Gasteiger charge is 2.08. The van der Waals surface area contributed by atoms with Gasteiger partial charge >= 0.3 is 0 Å². The lowest BCUT2D eigenvalue weighted by Gasteiger charge is -2.15. The van der Waals surface area contributed by atoms with E-state index in [1.807, 2.05) is 60.7 Å². The molecular formula is C19H16ClNO. The van der Waals surface area contributed by atoms with E-state index < -0.39 is 0 Å². The lowest BCUT2D eigenvalue weighted by molar-refractivity contribution is 0.415. The van der Waals surface area contributed by atoms with Crippen molar-refractivity contribution in [1.29, 1.82) is 0 Å². The summed E-state index contributed by atoms with van der Waals surface area (Å²) in [6, 6.07) is 23.9. The van der Waals surface area contributed by atoms with Crippen molar-refractivity contribution in [3.05, 3.63) is 77.8 Å². The fourth-order valence-electron chi connectivity index (χ4n) is 2.32. The zero-order chi connectivity index (χ0) is 15.4. The largest absolute Gasteiger partial charge is 0.497 e. The van der Waals surface area contributed by atoms with Gasteiger partial charge in [-0.15, -0.1) is 0 Å².